The second-order valence-corrected chi connectivity index (χ2v) is 9.93. The van der Waals surface area contributed by atoms with Gasteiger partial charge in [-0.25, -0.2) is 0 Å². The van der Waals surface area contributed by atoms with Crippen LogP contribution in [-0.4, -0.2) is 24.5 Å². The summed E-state index contributed by atoms with van der Waals surface area (Å²) >= 11 is 15.7. The molecule has 2 aliphatic heterocycles. The number of ether oxygens (including phenoxy) is 3. The molecule has 3 aromatic carbocycles. The maximum Gasteiger partial charge on any atom is 0.231 e. The van der Waals surface area contributed by atoms with Crippen molar-refractivity contribution in [3.05, 3.63) is 90.6 Å². The van der Waals surface area contributed by atoms with Gasteiger partial charge < -0.3 is 14.2 Å². The van der Waals surface area contributed by atoms with Crippen molar-refractivity contribution in [1.29, 1.82) is 0 Å². The molecule has 2 heterocycles. The lowest BCUT2D eigenvalue weighted by Gasteiger charge is -2.30. The Hall–Kier alpha value is -2.51. The Balaban J connectivity index is 1.43. The van der Waals surface area contributed by atoms with Crippen LogP contribution in [0.25, 0.3) is 6.08 Å². The molecule has 0 N–H and O–H groups in total. The highest BCUT2D eigenvalue weighted by Crippen LogP contribution is 2.43. The predicted molar refractivity (Wildman–Crippen MR) is 136 cm³/mol. The van der Waals surface area contributed by atoms with E-state index in [-0.39, 0.29) is 11.5 Å². The van der Waals surface area contributed by atoms with E-state index in [1.54, 1.807) is 19.3 Å². The number of fused-ring (bicyclic) bond motifs is 2. The smallest absolute Gasteiger partial charge is 0.231 e. The lowest BCUT2D eigenvalue weighted by molar-refractivity contribution is 0.0876. The minimum Gasteiger partial charge on any atom is -0.496 e. The lowest BCUT2D eigenvalue weighted by atomic mass is 9.99. The quantitative estimate of drug-likeness (QED) is 0.320. The fourth-order valence-corrected chi connectivity index (χ4v) is 4.95. The predicted octanol–water partition coefficient (Wildman–Crippen LogP) is 7.04. The third-order valence-corrected chi connectivity index (χ3v) is 7.10. The van der Waals surface area contributed by atoms with Crippen molar-refractivity contribution >= 4 is 51.0 Å². The van der Waals surface area contributed by atoms with Gasteiger partial charge in [0.1, 0.15) is 24.0 Å². The molecule has 0 saturated heterocycles. The number of halogens is 3. The van der Waals surface area contributed by atoms with Crippen LogP contribution in [0.5, 0.6) is 17.2 Å². The van der Waals surface area contributed by atoms with Gasteiger partial charge in [-0.05, 0) is 55.0 Å². The van der Waals surface area contributed by atoms with E-state index < -0.39 is 0 Å². The zero-order valence-electron chi connectivity index (χ0n) is 18.5. The van der Waals surface area contributed by atoms with Crippen molar-refractivity contribution in [2.24, 2.45) is 0 Å². The van der Waals surface area contributed by atoms with Crippen molar-refractivity contribution in [3.63, 3.8) is 0 Å². The Morgan fingerprint density at radius 3 is 2.71 bits per heavy atom. The van der Waals surface area contributed by atoms with Crippen LogP contribution in [0.15, 0.2) is 52.7 Å². The topological polar surface area (TPSA) is 48.0 Å². The molecule has 0 radical (unpaired) electrons. The van der Waals surface area contributed by atoms with Crippen LogP contribution < -0.4 is 14.2 Å². The monoisotopic (exact) mass is 559 g/mol. The maximum atomic E-state index is 13.2. The highest BCUT2D eigenvalue weighted by Gasteiger charge is 2.33. The molecule has 8 heteroatoms. The van der Waals surface area contributed by atoms with E-state index in [0.717, 1.165) is 32.5 Å². The fourth-order valence-electron chi connectivity index (χ4n) is 4.25. The van der Waals surface area contributed by atoms with Crippen molar-refractivity contribution in [3.8, 4) is 17.2 Å². The second kappa shape index (κ2) is 9.27. The first-order valence-electron chi connectivity index (χ1n) is 10.6. The first-order chi connectivity index (χ1) is 16.3. The zero-order chi connectivity index (χ0) is 24.0. The highest BCUT2D eigenvalue weighted by molar-refractivity contribution is 9.10. The number of allylic oxidation sites excluding steroid dienone is 1. The molecule has 0 bridgehead atoms. The number of hydrogen-bond acceptors (Lipinski definition) is 5. The Morgan fingerprint density at radius 2 is 1.94 bits per heavy atom. The van der Waals surface area contributed by atoms with Crippen molar-refractivity contribution in [2.45, 2.75) is 20.0 Å². The SMILES string of the molecule is COc1ccc(Br)cc1/C=C1\Oc2c(cc3c(c2C)OCN(Cc2ccc(Cl)c(Cl)c2)C3)C1=O. The summed E-state index contributed by atoms with van der Waals surface area (Å²) < 4.78 is 18.4. The minimum absolute atomic E-state index is 0.162. The van der Waals surface area contributed by atoms with E-state index in [0.29, 0.717) is 46.9 Å². The molecule has 3 aromatic rings. The van der Waals surface area contributed by atoms with Gasteiger partial charge >= 0.3 is 0 Å². The molecule has 0 atom stereocenters. The number of nitrogens with zero attached hydrogens (tertiary/aromatic N) is 1. The van der Waals surface area contributed by atoms with Gasteiger partial charge in [-0.15, -0.1) is 0 Å². The number of carbonyl (C=O) groups is 1. The van der Waals surface area contributed by atoms with Gasteiger partial charge in [0.05, 0.1) is 22.7 Å². The van der Waals surface area contributed by atoms with E-state index in [1.165, 1.54) is 0 Å². The number of hydrogen-bond donors (Lipinski definition) is 0. The van der Waals surface area contributed by atoms with Crippen LogP contribution in [0.3, 0.4) is 0 Å². The van der Waals surface area contributed by atoms with E-state index >= 15 is 0 Å². The van der Waals surface area contributed by atoms with E-state index in [2.05, 4.69) is 20.8 Å². The molecule has 0 spiro atoms. The van der Waals surface area contributed by atoms with E-state index in [4.69, 9.17) is 37.4 Å². The average Bonchev–Trinajstić information content (AvgIpc) is 3.12. The molecule has 0 aromatic heterocycles. The molecular weight excluding hydrogens is 541 g/mol. The summed E-state index contributed by atoms with van der Waals surface area (Å²) in [6.07, 6.45) is 1.71. The molecule has 0 saturated carbocycles. The van der Waals surface area contributed by atoms with Crippen LogP contribution in [0.1, 0.15) is 32.6 Å². The van der Waals surface area contributed by atoms with Crippen molar-refractivity contribution < 1.29 is 19.0 Å². The summed E-state index contributed by atoms with van der Waals surface area (Å²) in [5, 5.41) is 1.05. The number of carbonyl (C=O) groups excluding carboxylic acids is 1. The van der Waals surface area contributed by atoms with Crippen LogP contribution in [-0.2, 0) is 13.1 Å². The summed E-state index contributed by atoms with van der Waals surface area (Å²) in [5.74, 6) is 2.05. The minimum atomic E-state index is -0.162. The Labute approximate surface area is 215 Å². The molecule has 5 rings (SSSR count). The number of Topliss-reactive ketones (excluding diaryl/α,β-unsaturated/α-hetero) is 1. The number of rotatable bonds is 4. The Bertz CT molecular complexity index is 1360. The maximum absolute atomic E-state index is 13.2. The van der Waals surface area contributed by atoms with E-state index in [1.807, 2.05) is 43.3 Å². The molecule has 0 fully saturated rings. The standard InChI is InChI=1S/C26H20BrCl2NO4/c1-14-25-17(12-30(13-33-25)11-15-3-5-20(28)21(29)7-15)9-19-24(31)23(34-26(14)19)10-16-8-18(27)4-6-22(16)32-2/h3-10H,11-13H2,1-2H3/b23-10-. The lowest BCUT2D eigenvalue weighted by Crippen LogP contribution is -2.32. The summed E-state index contributed by atoms with van der Waals surface area (Å²) in [6, 6.07) is 13.1. The molecular formula is C26H20BrCl2NO4. The third-order valence-electron chi connectivity index (χ3n) is 5.87. The first-order valence-corrected chi connectivity index (χ1v) is 12.1. The average molecular weight is 561 g/mol. The van der Waals surface area contributed by atoms with Gasteiger partial charge in [0.2, 0.25) is 5.78 Å². The van der Waals surface area contributed by atoms with Crippen molar-refractivity contribution in [2.75, 3.05) is 13.8 Å². The van der Waals surface area contributed by atoms with Gasteiger partial charge in [-0.1, -0.05) is 45.2 Å². The van der Waals surface area contributed by atoms with Gasteiger partial charge in [-0.2, -0.15) is 0 Å². The fraction of sp³-hybridized carbons (Fsp3) is 0.192. The largest absolute Gasteiger partial charge is 0.496 e. The van der Waals surface area contributed by atoms with Crippen molar-refractivity contribution in [1.82, 2.24) is 4.90 Å². The van der Waals surface area contributed by atoms with Gasteiger partial charge in [0.25, 0.3) is 0 Å². The first kappa shape index (κ1) is 23.2. The number of methoxy groups -OCH3 is 1. The molecule has 0 amide bonds. The Morgan fingerprint density at radius 1 is 1.12 bits per heavy atom. The molecule has 174 valence electrons. The van der Waals surface area contributed by atoms with Crippen LogP contribution in [0.4, 0.5) is 0 Å². The molecule has 5 nitrogen and oxygen atoms in total. The summed E-state index contributed by atoms with van der Waals surface area (Å²) in [5.41, 5.74) is 4.09. The van der Waals surface area contributed by atoms with Gasteiger partial charge in [0.15, 0.2) is 5.76 Å². The van der Waals surface area contributed by atoms with Crippen LogP contribution >= 0.6 is 39.1 Å². The van der Waals surface area contributed by atoms with Gasteiger partial charge in [0, 0.05) is 34.3 Å². The normalized spacial score (nSPS) is 16.1. The molecule has 2 aliphatic rings. The van der Waals surface area contributed by atoms with Gasteiger partial charge in [-0.3, -0.25) is 9.69 Å². The molecule has 0 aliphatic carbocycles. The number of ketones is 1. The zero-order valence-corrected chi connectivity index (χ0v) is 21.6. The highest BCUT2D eigenvalue weighted by atomic mass is 79.9. The van der Waals surface area contributed by atoms with E-state index in [9.17, 15) is 4.79 Å². The Kier molecular flexibility index (Phi) is 6.34. The van der Waals surface area contributed by atoms with Crippen LogP contribution in [0, 0.1) is 6.92 Å². The second-order valence-electron chi connectivity index (χ2n) is 8.20. The summed E-state index contributed by atoms with van der Waals surface area (Å²) in [7, 11) is 1.59. The third kappa shape index (κ3) is 4.31. The van der Waals surface area contributed by atoms with Crippen LogP contribution in [0.2, 0.25) is 10.0 Å². The summed E-state index contributed by atoms with van der Waals surface area (Å²) in [6.45, 7) is 3.61. The molecule has 0 unspecified atom stereocenters. The summed E-state index contributed by atoms with van der Waals surface area (Å²) in [4.78, 5) is 15.4. The molecule has 34 heavy (non-hydrogen) atoms. The number of benzene rings is 3.